The van der Waals surface area contributed by atoms with Crippen LogP contribution in [0, 0.1) is 0 Å². The van der Waals surface area contributed by atoms with Gasteiger partial charge < -0.3 is 28.1 Å². The maximum Gasteiger partial charge on any atom is 0.353 e. The number of hydrogen-bond acceptors (Lipinski definition) is 9. The van der Waals surface area contributed by atoms with Crippen molar-refractivity contribution >= 4 is 28.7 Å². The van der Waals surface area contributed by atoms with Gasteiger partial charge in [-0.05, 0) is 65.4 Å². The van der Waals surface area contributed by atoms with E-state index in [1.807, 2.05) is 97.1 Å². The third-order valence-electron chi connectivity index (χ3n) is 10.3. The van der Waals surface area contributed by atoms with Crippen molar-refractivity contribution in [1.29, 1.82) is 0 Å². The standard InChI is InChI=1S/C45H45ClN2O8/c1-4-5-7-10-30-13-15-31(16-14-30)38-25-32-28-48(44(50)47-43(32)56-38)41-26-39(55-42(49)27-46)40(54-41)29-53-45(33-11-8-6-9-12-33,34-17-21-36(51-2)22-18-34)35-19-23-37(52-3)24-20-35/h6,8-9,11-25,28,39-41H,4-5,7,10,26-27,29H2,1-3H3/t39-,40+,41+/m0/s1. The number of alkyl halides is 1. The van der Waals surface area contributed by atoms with Gasteiger partial charge in [-0.3, -0.25) is 9.36 Å². The van der Waals surface area contributed by atoms with Gasteiger partial charge in [-0.2, -0.15) is 4.98 Å². The predicted octanol–water partition coefficient (Wildman–Crippen LogP) is 8.85. The number of aromatic nitrogens is 2. The molecule has 3 heterocycles. The first-order valence-electron chi connectivity index (χ1n) is 18.9. The summed E-state index contributed by atoms with van der Waals surface area (Å²) >= 11 is 5.91. The van der Waals surface area contributed by atoms with Gasteiger partial charge in [0.2, 0.25) is 5.71 Å². The predicted molar refractivity (Wildman–Crippen MR) is 214 cm³/mol. The minimum absolute atomic E-state index is 0.0294. The number of benzene rings is 4. The van der Waals surface area contributed by atoms with E-state index >= 15 is 0 Å². The molecule has 0 bridgehead atoms. The number of nitrogens with zero attached hydrogens (tertiary/aromatic N) is 2. The van der Waals surface area contributed by atoms with E-state index in [1.54, 1.807) is 20.4 Å². The third-order valence-corrected chi connectivity index (χ3v) is 10.5. The quantitative estimate of drug-likeness (QED) is 0.0412. The molecule has 1 aliphatic heterocycles. The molecule has 3 atom stereocenters. The van der Waals surface area contributed by atoms with E-state index in [4.69, 9.17) is 39.7 Å². The molecule has 4 aromatic carbocycles. The van der Waals surface area contributed by atoms with Gasteiger partial charge in [0.15, 0.2) is 0 Å². The fourth-order valence-corrected chi connectivity index (χ4v) is 7.38. The Kier molecular flexibility index (Phi) is 12.2. The Hall–Kier alpha value is -5.42. The van der Waals surface area contributed by atoms with Gasteiger partial charge in [-0.25, -0.2) is 4.79 Å². The molecule has 56 heavy (non-hydrogen) atoms. The first kappa shape index (κ1) is 38.8. The summed E-state index contributed by atoms with van der Waals surface area (Å²) in [5, 5.41) is 0.631. The lowest BCUT2D eigenvalue weighted by Gasteiger charge is -2.37. The second kappa shape index (κ2) is 17.6. The molecule has 2 aromatic heterocycles. The maximum absolute atomic E-state index is 13.5. The molecule has 0 spiro atoms. The van der Waals surface area contributed by atoms with Crippen LogP contribution < -0.4 is 15.2 Å². The van der Waals surface area contributed by atoms with Gasteiger partial charge in [0, 0.05) is 18.2 Å². The van der Waals surface area contributed by atoms with E-state index in [-0.39, 0.29) is 24.6 Å². The smallest absolute Gasteiger partial charge is 0.353 e. The summed E-state index contributed by atoms with van der Waals surface area (Å²) in [6.07, 6.45) is 3.99. The van der Waals surface area contributed by atoms with Crippen molar-refractivity contribution in [3.05, 3.63) is 148 Å². The minimum atomic E-state index is -1.15. The van der Waals surface area contributed by atoms with Crippen molar-refractivity contribution in [3.8, 4) is 22.8 Å². The van der Waals surface area contributed by atoms with Crippen molar-refractivity contribution in [2.45, 2.75) is 63.1 Å². The van der Waals surface area contributed by atoms with E-state index in [9.17, 15) is 9.59 Å². The highest BCUT2D eigenvalue weighted by molar-refractivity contribution is 6.26. The van der Waals surface area contributed by atoms with Crippen LogP contribution in [-0.2, 0) is 31.0 Å². The van der Waals surface area contributed by atoms with E-state index in [2.05, 4.69) is 24.0 Å². The van der Waals surface area contributed by atoms with Crippen LogP contribution in [0.2, 0.25) is 0 Å². The number of carbonyl (C=O) groups excluding carboxylic acids is 1. The molecule has 0 unspecified atom stereocenters. The molecule has 1 saturated heterocycles. The highest BCUT2D eigenvalue weighted by Crippen LogP contribution is 2.43. The minimum Gasteiger partial charge on any atom is -0.497 e. The number of furan rings is 1. The summed E-state index contributed by atoms with van der Waals surface area (Å²) in [4.78, 5) is 30.5. The fraction of sp³-hybridized carbons (Fsp3) is 0.311. The first-order valence-corrected chi connectivity index (χ1v) is 19.4. The number of fused-ring (bicyclic) bond motifs is 1. The first-order chi connectivity index (χ1) is 27.3. The van der Waals surface area contributed by atoms with Crippen LogP contribution in [0.3, 0.4) is 0 Å². The number of esters is 1. The molecule has 11 heteroatoms. The molecule has 1 fully saturated rings. The van der Waals surface area contributed by atoms with Crippen LogP contribution in [-0.4, -0.2) is 54.4 Å². The Labute approximate surface area is 330 Å². The van der Waals surface area contributed by atoms with Gasteiger partial charge in [-0.1, -0.05) is 98.6 Å². The Bertz CT molecular complexity index is 2220. The molecule has 1 aliphatic rings. The molecule has 0 amide bonds. The van der Waals surface area contributed by atoms with Crippen molar-refractivity contribution < 1.29 is 32.9 Å². The zero-order chi connectivity index (χ0) is 39.1. The van der Waals surface area contributed by atoms with E-state index in [1.165, 1.54) is 23.0 Å². The summed E-state index contributed by atoms with van der Waals surface area (Å²) in [6.45, 7) is 2.17. The van der Waals surface area contributed by atoms with Crippen molar-refractivity contribution in [1.82, 2.24) is 9.55 Å². The van der Waals surface area contributed by atoms with Gasteiger partial charge in [0.05, 0.1) is 26.2 Å². The van der Waals surface area contributed by atoms with E-state index < -0.39 is 35.7 Å². The SMILES string of the molecule is CCCCCc1ccc(-c2cc3cn([C@H]4C[C@H](OC(=O)CCl)[C@@H](COC(c5ccccc5)(c5ccc(OC)cc5)c5ccc(OC)cc5)O4)c(=O)nc3o2)cc1. The number of aryl methyl sites for hydroxylation is 1. The number of methoxy groups -OCH3 is 2. The van der Waals surface area contributed by atoms with Crippen LogP contribution in [0.25, 0.3) is 22.4 Å². The molecule has 0 saturated carbocycles. The largest absolute Gasteiger partial charge is 0.497 e. The van der Waals surface area contributed by atoms with Crippen molar-refractivity contribution in [2.75, 3.05) is 26.7 Å². The average Bonchev–Trinajstić information content (AvgIpc) is 3.85. The van der Waals surface area contributed by atoms with Crippen LogP contribution >= 0.6 is 11.6 Å². The van der Waals surface area contributed by atoms with Gasteiger partial charge in [0.25, 0.3) is 0 Å². The summed E-state index contributed by atoms with van der Waals surface area (Å²) < 4.78 is 37.9. The molecule has 0 N–H and O–H groups in total. The lowest BCUT2D eigenvalue weighted by Crippen LogP contribution is -2.39. The maximum atomic E-state index is 13.5. The summed E-state index contributed by atoms with van der Waals surface area (Å²) in [7, 11) is 3.24. The van der Waals surface area contributed by atoms with E-state index in [0.717, 1.165) is 35.1 Å². The number of unbranched alkanes of at least 4 members (excludes halogenated alkanes) is 2. The Balaban J connectivity index is 1.21. The Morgan fingerprint density at radius 2 is 1.52 bits per heavy atom. The second-order valence-electron chi connectivity index (χ2n) is 13.8. The monoisotopic (exact) mass is 776 g/mol. The lowest BCUT2D eigenvalue weighted by molar-refractivity contribution is -0.153. The Morgan fingerprint density at radius 1 is 0.875 bits per heavy atom. The second-order valence-corrected chi connectivity index (χ2v) is 14.1. The number of halogens is 1. The van der Waals surface area contributed by atoms with Crippen LogP contribution in [0.1, 0.15) is 61.1 Å². The number of carbonyl (C=O) groups is 1. The third kappa shape index (κ3) is 8.23. The number of ether oxygens (including phenoxy) is 5. The van der Waals surface area contributed by atoms with Crippen LogP contribution in [0.4, 0.5) is 0 Å². The Morgan fingerprint density at radius 3 is 2.12 bits per heavy atom. The number of rotatable bonds is 16. The lowest BCUT2D eigenvalue weighted by atomic mass is 9.80. The molecule has 10 nitrogen and oxygen atoms in total. The molecular formula is C45H45ClN2O8. The van der Waals surface area contributed by atoms with Gasteiger partial charge in [0.1, 0.15) is 47.2 Å². The van der Waals surface area contributed by atoms with Crippen LogP contribution in [0.15, 0.2) is 125 Å². The average molecular weight is 777 g/mol. The molecule has 6 aromatic rings. The molecular weight excluding hydrogens is 732 g/mol. The van der Waals surface area contributed by atoms with Crippen molar-refractivity contribution in [2.24, 2.45) is 0 Å². The molecule has 7 rings (SSSR count). The topological polar surface area (TPSA) is 111 Å². The zero-order valence-electron chi connectivity index (χ0n) is 31.7. The highest BCUT2D eigenvalue weighted by atomic mass is 35.5. The summed E-state index contributed by atoms with van der Waals surface area (Å²) in [5.74, 6) is 1.04. The normalized spacial score (nSPS) is 16.9. The zero-order valence-corrected chi connectivity index (χ0v) is 32.4. The summed E-state index contributed by atoms with van der Waals surface area (Å²) in [6, 6.07) is 35.3. The fourth-order valence-electron chi connectivity index (χ4n) is 7.32. The molecule has 0 aliphatic carbocycles. The highest BCUT2D eigenvalue weighted by Gasteiger charge is 2.44. The van der Waals surface area contributed by atoms with E-state index in [0.29, 0.717) is 22.6 Å². The van der Waals surface area contributed by atoms with Gasteiger partial charge in [-0.15, -0.1) is 11.6 Å². The van der Waals surface area contributed by atoms with Crippen molar-refractivity contribution in [3.63, 3.8) is 0 Å². The van der Waals surface area contributed by atoms with Crippen LogP contribution in [0.5, 0.6) is 11.5 Å². The molecule has 290 valence electrons. The van der Waals surface area contributed by atoms with Gasteiger partial charge >= 0.3 is 11.7 Å². The number of hydrogen-bond donors (Lipinski definition) is 0. The molecule has 0 radical (unpaired) electrons. The summed E-state index contributed by atoms with van der Waals surface area (Å²) in [5.41, 5.74) is 3.17.